The Labute approximate surface area is 225 Å². The molecular formula is C25H30Cl2N7O3+. The second-order valence-electron chi connectivity index (χ2n) is 8.25. The number of pyridine rings is 1. The van der Waals surface area contributed by atoms with Crippen molar-refractivity contribution in [1.82, 2.24) is 20.7 Å². The van der Waals surface area contributed by atoms with E-state index in [1.54, 1.807) is 35.3 Å². The molecule has 2 heterocycles. The lowest BCUT2D eigenvalue weighted by atomic mass is 10.1. The third-order valence-corrected chi connectivity index (χ3v) is 6.09. The first-order valence-electron chi connectivity index (χ1n) is 11.6. The summed E-state index contributed by atoms with van der Waals surface area (Å²) in [6.45, 7) is 4.32. The monoisotopic (exact) mass is 546 g/mol. The van der Waals surface area contributed by atoms with Gasteiger partial charge in [0.1, 0.15) is 11.7 Å². The van der Waals surface area contributed by atoms with Gasteiger partial charge in [-0.2, -0.15) is 5.10 Å². The summed E-state index contributed by atoms with van der Waals surface area (Å²) in [4.78, 5) is 28.3. The second-order valence-corrected chi connectivity index (χ2v) is 9.07. The zero-order valence-corrected chi connectivity index (χ0v) is 21.7. The highest BCUT2D eigenvalue weighted by Gasteiger charge is 2.23. The molecule has 2 amide bonds. The number of hydrogen-bond acceptors (Lipinski definition) is 6. The Bertz CT molecular complexity index is 1230. The first-order valence-corrected chi connectivity index (χ1v) is 12.4. The molecule has 0 saturated carbocycles. The van der Waals surface area contributed by atoms with Crippen molar-refractivity contribution in [2.45, 2.75) is 31.7 Å². The quantitative estimate of drug-likeness (QED) is 0.155. The van der Waals surface area contributed by atoms with Gasteiger partial charge in [0, 0.05) is 43.1 Å². The summed E-state index contributed by atoms with van der Waals surface area (Å²) in [5.41, 5.74) is 13.2. The minimum absolute atomic E-state index is 0.161. The maximum absolute atomic E-state index is 12.4. The van der Waals surface area contributed by atoms with Crippen LogP contribution < -0.4 is 31.5 Å². The molecule has 10 nitrogen and oxygen atoms in total. The number of nitrogens with zero attached hydrogens (tertiary/aromatic N) is 2. The van der Waals surface area contributed by atoms with Crippen molar-refractivity contribution < 1.29 is 19.0 Å². The van der Waals surface area contributed by atoms with Gasteiger partial charge < -0.3 is 26.8 Å². The number of nitrogens with one attached hydrogen (secondary N) is 3. The first-order chi connectivity index (χ1) is 17.7. The summed E-state index contributed by atoms with van der Waals surface area (Å²) in [6, 6.07) is 10.1. The molecule has 37 heavy (non-hydrogen) atoms. The molecule has 3 aromatic rings. The van der Waals surface area contributed by atoms with Crippen LogP contribution in [0.5, 0.6) is 5.88 Å². The molecular weight excluding hydrogens is 517 g/mol. The first kappa shape index (κ1) is 27.8. The van der Waals surface area contributed by atoms with E-state index in [4.69, 9.17) is 39.4 Å². The molecule has 7 N–H and O–H groups in total. The molecule has 2 aromatic heterocycles. The van der Waals surface area contributed by atoms with Crippen LogP contribution in [-0.2, 0) is 9.59 Å². The minimum atomic E-state index is -0.759. The number of amides is 2. The summed E-state index contributed by atoms with van der Waals surface area (Å²) in [5, 5.41) is 9.67. The van der Waals surface area contributed by atoms with E-state index in [9.17, 15) is 9.59 Å². The lowest BCUT2D eigenvalue weighted by molar-refractivity contribution is -0.660. The Morgan fingerprint density at radius 3 is 2.65 bits per heavy atom. The molecule has 1 aromatic carbocycles. The Morgan fingerprint density at radius 1 is 1.16 bits per heavy atom. The van der Waals surface area contributed by atoms with Crippen LogP contribution >= 0.6 is 23.2 Å². The molecule has 0 aliphatic heterocycles. The molecule has 0 unspecified atom stereocenters. The fourth-order valence-corrected chi connectivity index (χ4v) is 3.80. The number of aromatic amines is 1. The van der Waals surface area contributed by atoms with E-state index in [0.29, 0.717) is 53.2 Å². The van der Waals surface area contributed by atoms with Crippen LogP contribution in [-0.4, -0.2) is 41.1 Å². The number of carbonyl (C=O) groups excluding carboxylic acids is 2. The van der Waals surface area contributed by atoms with Crippen LogP contribution in [0.3, 0.4) is 0 Å². The number of nitrogens with two attached hydrogens (primary N) is 2. The zero-order chi connectivity index (χ0) is 26.8. The topological polar surface area (TPSA) is 152 Å². The Kier molecular flexibility index (Phi) is 10.2. The van der Waals surface area contributed by atoms with Crippen LogP contribution in [0, 0.1) is 0 Å². The number of carbonyl (C=O) groups is 2. The Morgan fingerprint density at radius 2 is 1.97 bits per heavy atom. The van der Waals surface area contributed by atoms with Crippen LogP contribution in [0.15, 0.2) is 61.2 Å². The SMILES string of the molecule is C=C(N)NCCC[C@H](NC(=O)CCCOc1cc(-c2cccnc2)[nH][n+]1-c1ccc(Cl)c(Cl)c1)C(N)=O. The van der Waals surface area contributed by atoms with E-state index in [-0.39, 0.29) is 18.9 Å². The van der Waals surface area contributed by atoms with Crippen molar-refractivity contribution in [2.24, 2.45) is 11.5 Å². The highest BCUT2D eigenvalue weighted by molar-refractivity contribution is 6.42. The molecule has 0 spiro atoms. The van der Waals surface area contributed by atoms with E-state index < -0.39 is 11.9 Å². The van der Waals surface area contributed by atoms with Crippen LogP contribution in [0.25, 0.3) is 16.9 Å². The van der Waals surface area contributed by atoms with Crippen molar-refractivity contribution in [2.75, 3.05) is 13.2 Å². The van der Waals surface area contributed by atoms with Gasteiger partial charge in [-0.15, -0.1) is 0 Å². The third-order valence-electron chi connectivity index (χ3n) is 5.35. The summed E-state index contributed by atoms with van der Waals surface area (Å²) < 4.78 is 7.74. The van der Waals surface area contributed by atoms with Crippen molar-refractivity contribution in [1.29, 1.82) is 0 Å². The number of halogens is 2. The van der Waals surface area contributed by atoms with Crippen LogP contribution in [0.4, 0.5) is 0 Å². The molecule has 0 aliphatic rings. The summed E-state index contributed by atoms with van der Waals surface area (Å²) in [5.74, 6) is -0.0167. The molecule has 0 radical (unpaired) electrons. The highest BCUT2D eigenvalue weighted by atomic mass is 35.5. The lowest BCUT2D eigenvalue weighted by Crippen LogP contribution is -2.44. The molecule has 1 atom stereocenters. The molecule has 0 fully saturated rings. The van der Waals surface area contributed by atoms with Crippen LogP contribution in [0.1, 0.15) is 25.7 Å². The zero-order valence-electron chi connectivity index (χ0n) is 20.2. The van der Waals surface area contributed by atoms with Gasteiger partial charge in [-0.25, -0.2) is 0 Å². The van der Waals surface area contributed by atoms with Gasteiger partial charge in [0.05, 0.1) is 28.5 Å². The number of rotatable bonds is 14. The van der Waals surface area contributed by atoms with Gasteiger partial charge in [0.25, 0.3) is 0 Å². The van der Waals surface area contributed by atoms with Crippen molar-refractivity contribution >= 4 is 35.0 Å². The number of ether oxygens (including phenoxy) is 1. The van der Waals surface area contributed by atoms with Gasteiger partial charge in [-0.05, 0) is 42.1 Å². The minimum Gasteiger partial charge on any atom is -0.442 e. The number of benzene rings is 1. The normalized spacial score (nSPS) is 11.5. The molecule has 0 aliphatic carbocycles. The Balaban J connectivity index is 1.60. The molecule has 3 rings (SSSR count). The highest BCUT2D eigenvalue weighted by Crippen LogP contribution is 2.25. The fraction of sp³-hybridized carbons (Fsp3) is 0.280. The smallest absolute Gasteiger partial charge is 0.399 e. The van der Waals surface area contributed by atoms with Crippen molar-refractivity contribution in [3.05, 3.63) is 71.2 Å². The lowest BCUT2D eigenvalue weighted by Gasteiger charge is -2.15. The third kappa shape index (κ3) is 8.40. The fourth-order valence-electron chi connectivity index (χ4n) is 3.50. The maximum atomic E-state index is 12.4. The van der Waals surface area contributed by atoms with Gasteiger partial charge in [0.2, 0.25) is 17.5 Å². The van der Waals surface area contributed by atoms with Gasteiger partial charge in [0.15, 0.2) is 0 Å². The van der Waals surface area contributed by atoms with Crippen molar-refractivity contribution in [3.63, 3.8) is 0 Å². The molecule has 196 valence electrons. The predicted molar refractivity (Wildman–Crippen MR) is 142 cm³/mol. The maximum Gasteiger partial charge on any atom is 0.399 e. The van der Waals surface area contributed by atoms with Gasteiger partial charge in [-0.3, -0.25) is 14.6 Å². The largest absolute Gasteiger partial charge is 0.442 e. The number of H-pyrrole nitrogens is 1. The standard InChI is InChI=1S/C25H29Cl2N7O3/c1-16(28)31-11-3-6-21(25(29)36)32-23(35)7-4-12-37-24-14-22(17-5-2-10-30-15-17)33-34(24)18-8-9-19(26)20(27)13-18/h2,5,8-10,13-15,21,31H,1,3-4,6-7,11-12,28H2,(H3,29,32,35,36)/p+1/t21-/m0/s1. The van der Waals surface area contributed by atoms with E-state index in [1.807, 2.05) is 18.2 Å². The van der Waals surface area contributed by atoms with E-state index in [1.165, 1.54) is 0 Å². The molecule has 12 heteroatoms. The van der Waals surface area contributed by atoms with E-state index in [2.05, 4.69) is 27.3 Å². The average Bonchev–Trinajstić information content (AvgIpc) is 3.30. The van der Waals surface area contributed by atoms with Crippen molar-refractivity contribution in [3.8, 4) is 22.8 Å². The second kappa shape index (κ2) is 13.5. The summed E-state index contributed by atoms with van der Waals surface area (Å²) in [7, 11) is 0. The van der Waals surface area contributed by atoms with Gasteiger partial charge >= 0.3 is 5.88 Å². The van der Waals surface area contributed by atoms with E-state index >= 15 is 0 Å². The molecule has 0 bridgehead atoms. The Hall–Kier alpha value is -3.76. The van der Waals surface area contributed by atoms with Crippen LogP contribution in [0.2, 0.25) is 10.0 Å². The van der Waals surface area contributed by atoms with E-state index in [0.717, 1.165) is 11.3 Å². The number of hydrogen-bond donors (Lipinski definition) is 5. The van der Waals surface area contributed by atoms with Gasteiger partial charge in [-0.1, -0.05) is 29.8 Å². The average molecular weight is 547 g/mol. The number of primary amides is 1. The number of aromatic nitrogens is 3. The summed E-state index contributed by atoms with van der Waals surface area (Å²) >= 11 is 12.3. The molecule has 0 saturated heterocycles. The predicted octanol–water partition coefficient (Wildman–Crippen LogP) is 2.59. The summed E-state index contributed by atoms with van der Waals surface area (Å²) in [6.07, 6.45) is 4.99.